The van der Waals surface area contributed by atoms with Crippen molar-refractivity contribution in [1.82, 2.24) is 4.57 Å². The molecule has 0 amide bonds. The fourth-order valence-corrected chi connectivity index (χ4v) is 5.45. The van der Waals surface area contributed by atoms with Crippen molar-refractivity contribution in [2.45, 2.75) is 19.9 Å². The average molecular weight is 534 g/mol. The zero-order valence-electron chi connectivity index (χ0n) is 20.0. The van der Waals surface area contributed by atoms with E-state index in [-0.39, 0.29) is 36.2 Å². The van der Waals surface area contributed by atoms with E-state index in [0.29, 0.717) is 23.2 Å². The quantitative estimate of drug-likeness (QED) is 0.125. The predicted octanol–water partition coefficient (Wildman–Crippen LogP) is 6.63. The summed E-state index contributed by atoms with van der Waals surface area (Å²) in [6, 6.07) is 13.4. The molecule has 5 rings (SSSR count). The third-order valence-corrected chi connectivity index (χ3v) is 7.23. The lowest BCUT2D eigenvalue weighted by Gasteiger charge is -2.08. The van der Waals surface area contributed by atoms with Gasteiger partial charge in [0.05, 0.1) is 28.9 Å². The van der Waals surface area contributed by atoms with Crippen molar-refractivity contribution in [2.24, 2.45) is 0 Å². The number of thiophene rings is 1. The Morgan fingerprint density at radius 3 is 2.37 bits per heavy atom. The molecule has 9 nitrogen and oxygen atoms in total. The number of nitrogens with zero attached hydrogens (tertiary/aromatic N) is 3. The maximum absolute atomic E-state index is 14.0. The molecule has 2 heterocycles. The van der Waals surface area contributed by atoms with Gasteiger partial charge in [-0.3, -0.25) is 25.0 Å². The molecule has 0 fully saturated rings. The van der Waals surface area contributed by atoms with Gasteiger partial charge in [0.25, 0.3) is 11.4 Å². The Labute approximate surface area is 219 Å². The van der Waals surface area contributed by atoms with E-state index in [4.69, 9.17) is 4.74 Å². The lowest BCUT2D eigenvalue weighted by atomic mass is 10.0. The molecule has 0 saturated heterocycles. The molecule has 0 N–H and O–H groups in total. The second-order valence-corrected chi connectivity index (χ2v) is 9.56. The van der Waals surface area contributed by atoms with E-state index in [9.17, 15) is 29.4 Å². The molecule has 192 valence electrons. The summed E-state index contributed by atoms with van der Waals surface area (Å²) in [6.07, 6.45) is 1.88. The van der Waals surface area contributed by atoms with Crippen LogP contribution in [0, 0.1) is 26.0 Å². The first-order valence-corrected chi connectivity index (χ1v) is 12.5. The van der Waals surface area contributed by atoms with E-state index < -0.39 is 9.85 Å². The fourth-order valence-electron chi connectivity index (χ4n) is 4.52. The number of fused-ring (bicyclic) bond motifs is 2. The monoisotopic (exact) mass is 533 g/mol. The van der Waals surface area contributed by atoms with Gasteiger partial charge < -0.3 is 9.30 Å². The molecule has 2 aromatic heterocycles. The summed E-state index contributed by atoms with van der Waals surface area (Å²) in [5.41, 5.74) is 2.40. The van der Waals surface area contributed by atoms with Crippen molar-refractivity contribution < 1.29 is 23.8 Å². The van der Waals surface area contributed by atoms with E-state index >= 15 is 0 Å². The lowest BCUT2D eigenvalue weighted by molar-refractivity contribution is -0.394. The first kappa shape index (κ1) is 25.0. The molecule has 0 aliphatic carbocycles. The summed E-state index contributed by atoms with van der Waals surface area (Å²) in [5, 5.41) is 26.3. The molecule has 0 aliphatic rings. The van der Waals surface area contributed by atoms with E-state index in [1.807, 2.05) is 16.1 Å². The average Bonchev–Trinajstić information content (AvgIpc) is 3.44. The van der Waals surface area contributed by atoms with Crippen LogP contribution in [0.25, 0.3) is 32.1 Å². The number of hydrogen-bond acceptors (Lipinski definition) is 7. The molecule has 38 heavy (non-hydrogen) atoms. The third-order valence-electron chi connectivity index (χ3n) is 6.22. The molecule has 0 unspecified atom stereocenters. The zero-order valence-corrected chi connectivity index (χ0v) is 20.9. The van der Waals surface area contributed by atoms with Gasteiger partial charge in [0, 0.05) is 45.9 Å². The summed E-state index contributed by atoms with van der Waals surface area (Å²) in [7, 11) is 0. The molecule has 11 heteroatoms. The van der Waals surface area contributed by atoms with Crippen molar-refractivity contribution in [2.75, 3.05) is 6.61 Å². The second-order valence-electron chi connectivity index (χ2n) is 8.65. The van der Waals surface area contributed by atoms with Crippen molar-refractivity contribution in [3.05, 3.63) is 103 Å². The van der Waals surface area contributed by atoms with Crippen molar-refractivity contribution in [3.8, 4) is 11.1 Å². The number of benzene rings is 3. The Morgan fingerprint density at radius 1 is 0.947 bits per heavy atom. The van der Waals surface area contributed by atoms with Crippen LogP contribution in [-0.2, 0) is 22.5 Å². The molecule has 0 bridgehead atoms. The summed E-state index contributed by atoms with van der Waals surface area (Å²) in [4.78, 5) is 33.8. The number of hydrogen-bond donors (Lipinski definition) is 0. The van der Waals surface area contributed by atoms with Crippen LogP contribution in [0.4, 0.5) is 15.8 Å². The fraction of sp³-hybridized carbons (Fsp3) is 0.148. The van der Waals surface area contributed by atoms with Crippen LogP contribution < -0.4 is 0 Å². The van der Waals surface area contributed by atoms with Gasteiger partial charge in [-0.15, -0.1) is 11.3 Å². The Morgan fingerprint density at radius 2 is 1.68 bits per heavy atom. The number of carbonyl (C=O) groups is 1. The number of halogens is 1. The number of ether oxygens (including phenoxy) is 1. The van der Waals surface area contributed by atoms with Gasteiger partial charge in [-0.25, -0.2) is 4.39 Å². The number of carbonyl (C=O) groups excluding carboxylic acids is 1. The molecule has 0 spiro atoms. The molecule has 0 radical (unpaired) electrons. The zero-order chi connectivity index (χ0) is 27.0. The van der Waals surface area contributed by atoms with Crippen LogP contribution in [0.3, 0.4) is 0 Å². The highest BCUT2D eigenvalue weighted by atomic mass is 32.1. The van der Waals surface area contributed by atoms with E-state index in [0.717, 1.165) is 32.7 Å². The second kappa shape index (κ2) is 10.0. The van der Waals surface area contributed by atoms with Crippen molar-refractivity contribution in [1.29, 1.82) is 0 Å². The smallest absolute Gasteiger partial charge is 0.310 e. The number of nitro benzene ring substituents is 2. The highest BCUT2D eigenvalue weighted by Gasteiger charge is 2.19. The van der Waals surface area contributed by atoms with Gasteiger partial charge in [0.2, 0.25) is 0 Å². The minimum absolute atomic E-state index is 0.0397. The lowest BCUT2D eigenvalue weighted by Crippen LogP contribution is -2.07. The van der Waals surface area contributed by atoms with Gasteiger partial charge in [0.1, 0.15) is 5.82 Å². The highest BCUT2D eigenvalue weighted by Crippen LogP contribution is 2.34. The molecular formula is C27H20FN3O6S. The maximum Gasteiger partial charge on any atom is 0.310 e. The largest absolute Gasteiger partial charge is 0.466 e. The topological polar surface area (TPSA) is 118 Å². The predicted molar refractivity (Wildman–Crippen MR) is 142 cm³/mol. The number of aromatic nitrogens is 1. The minimum atomic E-state index is -0.671. The minimum Gasteiger partial charge on any atom is -0.466 e. The molecule has 0 saturated carbocycles. The van der Waals surface area contributed by atoms with Gasteiger partial charge >= 0.3 is 5.97 Å². The summed E-state index contributed by atoms with van der Waals surface area (Å²) < 4.78 is 22.0. The van der Waals surface area contributed by atoms with Crippen molar-refractivity contribution >= 4 is 49.7 Å². The van der Waals surface area contributed by atoms with Gasteiger partial charge in [-0.2, -0.15) is 0 Å². The summed E-state index contributed by atoms with van der Waals surface area (Å²) in [5.74, 6) is -0.722. The number of esters is 1. The Bertz CT molecular complexity index is 1710. The number of non-ortho nitro benzene ring substituents is 2. The number of rotatable bonds is 8. The van der Waals surface area contributed by atoms with Crippen LogP contribution in [0.1, 0.15) is 18.1 Å². The highest BCUT2D eigenvalue weighted by molar-refractivity contribution is 7.17. The van der Waals surface area contributed by atoms with Crippen LogP contribution >= 0.6 is 11.3 Å². The standard InChI is InChI=1S/C27H20FN3O6S/c1-2-37-27(32)10-18-13-29(14-19-15-38-26-6-4-20(28)11-24(19)26)25-9-16(3-5-23(18)25)17-7-21(30(33)34)12-22(8-17)31(35)36/h3-9,11-13,15H,2,10,14H2,1H3. The first-order valence-electron chi connectivity index (χ1n) is 11.6. The first-order chi connectivity index (χ1) is 18.2. The SMILES string of the molecule is CCOC(=O)Cc1cn(Cc2csc3ccc(F)cc23)c2cc(-c3cc([N+](=O)[O-])cc([N+](=O)[O-])c3)ccc12. The molecular weight excluding hydrogens is 513 g/mol. The van der Waals surface area contributed by atoms with Gasteiger partial charge in [0.15, 0.2) is 0 Å². The third kappa shape index (κ3) is 4.83. The normalized spacial score (nSPS) is 11.2. The summed E-state index contributed by atoms with van der Waals surface area (Å²) >= 11 is 1.50. The van der Waals surface area contributed by atoms with Crippen LogP contribution in [0.15, 0.2) is 66.2 Å². The van der Waals surface area contributed by atoms with E-state index in [1.165, 1.54) is 35.6 Å². The van der Waals surface area contributed by atoms with Crippen LogP contribution in [0.2, 0.25) is 0 Å². The molecule has 0 aliphatic heterocycles. The van der Waals surface area contributed by atoms with Gasteiger partial charge in [-0.05, 0) is 58.8 Å². The van der Waals surface area contributed by atoms with Crippen LogP contribution in [-0.4, -0.2) is 27.0 Å². The Hall–Kier alpha value is -4.64. The Balaban J connectivity index is 1.65. The molecule has 3 aromatic carbocycles. The van der Waals surface area contributed by atoms with E-state index in [2.05, 4.69) is 0 Å². The number of nitro groups is 2. The Kier molecular flexibility index (Phi) is 6.60. The molecule has 0 atom stereocenters. The molecule has 5 aromatic rings. The maximum atomic E-state index is 14.0. The summed E-state index contributed by atoms with van der Waals surface area (Å²) in [6.45, 7) is 2.35. The van der Waals surface area contributed by atoms with Crippen molar-refractivity contribution in [3.63, 3.8) is 0 Å². The van der Waals surface area contributed by atoms with E-state index in [1.54, 1.807) is 31.2 Å². The van der Waals surface area contributed by atoms with Gasteiger partial charge in [-0.1, -0.05) is 12.1 Å². The van der Waals surface area contributed by atoms with Crippen LogP contribution in [0.5, 0.6) is 0 Å².